The van der Waals surface area contributed by atoms with Crippen molar-refractivity contribution in [3.63, 3.8) is 0 Å². The zero-order valence-electron chi connectivity index (χ0n) is 13.7. The van der Waals surface area contributed by atoms with Crippen LogP contribution in [-0.4, -0.2) is 12.6 Å². The Labute approximate surface area is 146 Å². The summed E-state index contributed by atoms with van der Waals surface area (Å²) in [6.07, 6.45) is 2.27. The van der Waals surface area contributed by atoms with Crippen molar-refractivity contribution in [3.05, 3.63) is 65.2 Å². The Balaban J connectivity index is 1.94. The van der Waals surface area contributed by atoms with Crippen LogP contribution < -0.4 is 9.47 Å². The Hall–Kier alpha value is -3.57. The van der Waals surface area contributed by atoms with Gasteiger partial charge in [0.1, 0.15) is 29.2 Å². The summed E-state index contributed by atoms with van der Waals surface area (Å²) in [4.78, 5) is 11.9. The van der Waals surface area contributed by atoms with E-state index < -0.39 is 5.97 Å². The number of rotatable bonds is 6. The topological polar surface area (TPSA) is 83.1 Å². The van der Waals surface area contributed by atoms with Crippen molar-refractivity contribution < 1.29 is 14.3 Å². The lowest BCUT2D eigenvalue weighted by Crippen LogP contribution is -2.18. The van der Waals surface area contributed by atoms with Crippen LogP contribution in [0.3, 0.4) is 0 Å². The zero-order chi connectivity index (χ0) is 18.1. The van der Waals surface area contributed by atoms with Gasteiger partial charge in [-0.25, -0.2) is 4.79 Å². The normalized spacial score (nSPS) is 9.40. The van der Waals surface area contributed by atoms with Crippen LogP contribution in [0.1, 0.15) is 18.1 Å². The number of nitrogens with zero attached hydrogens (tertiary/aromatic N) is 2. The standard InChI is InChI=1S/C20H16N2O3/c1-2-17-5-3-4-6-19(17)24-14-20(23)25-18-9-7-15(8-10-18)11-16(12-21)13-22/h3-11H,2,14H2,1H3. The summed E-state index contributed by atoms with van der Waals surface area (Å²) in [5.41, 5.74) is 1.70. The van der Waals surface area contributed by atoms with Gasteiger partial charge in [0.25, 0.3) is 0 Å². The number of aryl methyl sites for hydroxylation is 1. The van der Waals surface area contributed by atoms with E-state index in [1.54, 1.807) is 36.4 Å². The number of para-hydroxylation sites is 1. The zero-order valence-corrected chi connectivity index (χ0v) is 13.7. The van der Waals surface area contributed by atoms with Crippen molar-refractivity contribution in [1.29, 1.82) is 10.5 Å². The Morgan fingerprint density at radius 3 is 2.40 bits per heavy atom. The van der Waals surface area contributed by atoms with Gasteiger partial charge in [-0.05, 0) is 41.8 Å². The molecule has 0 amide bonds. The van der Waals surface area contributed by atoms with Crippen LogP contribution in [0, 0.1) is 22.7 Å². The van der Waals surface area contributed by atoms with E-state index in [1.165, 1.54) is 6.08 Å². The maximum Gasteiger partial charge on any atom is 0.349 e. The Kier molecular flexibility index (Phi) is 6.33. The molecular formula is C20H16N2O3. The maximum absolute atomic E-state index is 11.9. The van der Waals surface area contributed by atoms with Gasteiger partial charge in [0.2, 0.25) is 0 Å². The Morgan fingerprint density at radius 1 is 1.08 bits per heavy atom. The van der Waals surface area contributed by atoms with E-state index in [-0.39, 0.29) is 12.2 Å². The smallest absolute Gasteiger partial charge is 0.349 e. The highest BCUT2D eigenvalue weighted by Gasteiger charge is 2.08. The van der Waals surface area contributed by atoms with E-state index in [9.17, 15) is 4.79 Å². The fraction of sp³-hybridized carbons (Fsp3) is 0.150. The van der Waals surface area contributed by atoms with E-state index in [1.807, 2.05) is 31.2 Å². The van der Waals surface area contributed by atoms with Crippen molar-refractivity contribution in [1.82, 2.24) is 0 Å². The number of hydrogen-bond acceptors (Lipinski definition) is 5. The molecule has 0 spiro atoms. The molecule has 0 aliphatic rings. The van der Waals surface area contributed by atoms with Crippen molar-refractivity contribution in [2.45, 2.75) is 13.3 Å². The number of hydrogen-bond donors (Lipinski definition) is 0. The van der Waals surface area contributed by atoms with Gasteiger partial charge in [-0.15, -0.1) is 0 Å². The first kappa shape index (κ1) is 17.8. The quantitative estimate of drug-likeness (QED) is 0.458. The predicted molar refractivity (Wildman–Crippen MR) is 92.6 cm³/mol. The second kappa shape index (κ2) is 8.90. The van der Waals surface area contributed by atoms with Crippen LogP contribution in [0.2, 0.25) is 0 Å². The largest absolute Gasteiger partial charge is 0.482 e. The van der Waals surface area contributed by atoms with E-state index in [0.29, 0.717) is 17.1 Å². The van der Waals surface area contributed by atoms with Crippen LogP contribution in [0.4, 0.5) is 0 Å². The van der Waals surface area contributed by atoms with Crippen molar-refractivity contribution in [2.75, 3.05) is 6.61 Å². The molecule has 0 aromatic heterocycles. The minimum absolute atomic E-state index is 0.00716. The molecule has 25 heavy (non-hydrogen) atoms. The van der Waals surface area contributed by atoms with E-state index >= 15 is 0 Å². The van der Waals surface area contributed by atoms with Gasteiger partial charge >= 0.3 is 5.97 Å². The molecule has 5 heteroatoms. The van der Waals surface area contributed by atoms with Crippen LogP contribution in [0.25, 0.3) is 6.08 Å². The van der Waals surface area contributed by atoms with Gasteiger partial charge in [0.05, 0.1) is 0 Å². The number of allylic oxidation sites excluding steroid dienone is 1. The molecule has 0 saturated heterocycles. The van der Waals surface area contributed by atoms with E-state index in [2.05, 4.69) is 0 Å². The van der Waals surface area contributed by atoms with Gasteiger partial charge in [0.15, 0.2) is 6.61 Å². The van der Waals surface area contributed by atoms with Crippen molar-refractivity contribution in [2.24, 2.45) is 0 Å². The van der Waals surface area contributed by atoms with Crippen LogP contribution >= 0.6 is 0 Å². The molecule has 0 atom stereocenters. The minimum atomic E-state index is -0.510. The van der Waals surface area contributed by atoms with Crippen LogP contribution in [0.15, 0.2) is 54.1 Å². The van der Waals surface area contributed by atoms with Gasteiger partial charge in [-0.3, -0.25) is 0 Å². The number of benzene rings is 2. The Morgan fingerprint density at radius 2 is 1.76 bits per heavy atom. The van der Waals surface area contributed by atoms with Crippen molar-refractivity contribution >= 4 is 12.0 Å². The third kappa shape index (κ3) is 5.23. The first-order valence-electron chi connectivity index (χ1n) is 7.69. The molecule has 5 nitrogen and oxygen atoms in total. The third-order valence-corrected chi connectivity index (χ3v) is 3.36. The second-order valence-electron chi connectivity index (χ2n) is 5.07. The second-order valence-corrected chi connectivity index (χ2v) is 5.07. The fourth-order valence-corrected chi connectivity index (χ4v) is 2.12. The fourth-order valence-electron chi connectivity index (χ4n) is 2.12. The average molecular weight is 332 g/mol. The molecule has 0 unspecified atom stereocenters. The number of ether oxygens (including phenoxy) is 2. The summed E-state index contributed by atoms with van der Waals surface area (Å²) >= 11 is 0. The van der Waals surface area contributed by atoms with E-state index in [4.69, 9.17) is 20.0 Å². The number of carbonyl (C=O) groups excluding carboxylic acids is 1. The molecule has 0 fully saturated rings. The highest BCUT2D eigenvalue weighted by Crippen LogP contribution is 2.19. The van der Waals surface area contributed by atoms with Gasteiger partial charge in [-0.2, -0.15) is 10.5 Å². The lowest BCUT2D eigenvalue weighted by atomic mass is 10.1. The maximum atomic E-state index is 11.9. The molecule has 2 rings (SSSR count). The summed E-state index contributed by atoms with van der Waals surface area (Å²) in [6.45, 7) is 1.83. The van der Waals surface area contributed by atoms with Gasteiger partial charge in [0, 0.05) is 0 Å². The van der Waals surface area contributed by atoms with Crippen molar-refractivity contribution in [3.8, 4) is 23.6 Å². The highest BCUT2D eigenvalue weighted by atomic mass is 16.6. The van der Waals surface area contributed by atoms with E-state index in [0.717, 1.165) is 12.0 Å². The molecule has 0 N–H and O–H groups in total. The molecule has 0 saturated carbocycles. The third-order valence-electron chi connectivity index (χ3n) is 3.36. The minimum Gasteiger partial charge on any atom is -0.482 e. The number of nitriles is 2. The molecule has 0 bridgehead atoms. The summed E-state index contributed by atoms with van der Waals surface area (Å²) < 4.78 is 10.7. The first-order valence-corrected chi connectivity index (χ1v) is 7.69. The molecule has 124 valence electrons. The highest BCUT2D eigenvalue weighted by molar-refractivity contribution is 5.74. The molecular weight excluding hydrogens is 316 g/mol. The average Bonchev–Trinajstić information content (AvgIpc) is 2.66. The monoisotopic (exact) mass is 332 g/mol. The molecule has 2 aromatic carbocycles. The predicted octanol–water partition coefficient (Wildman–Crippen LogP) is 3.66. The van der Waals surface area contributed by atoms with Gasteiger partial charge < -0.3 is 9.47 Å². The molecule has 0 heterocycles. The lowest BCUT2D eigenvalue weighted by Gasteiger charge is -2.10. The number of esters is 1. The van der Waals surface area contributed by atoms with Crippen LogP contribution in [-0.2, 0) is 11.2 Å². The first-order chi connectivity index (χ1) is 12.2. The lowest BCUT2D eigenvalue weighted by molar-refractivity contribution is -0.136. The summed E-state index contributed by atoms with van der Waals surface area (Å²) in [7, 11) is 0. The molecule has 0 radical (unpaired) electrons. The van der Waals surface area contributed by atoms with Crippen LogP contribution in [0.5, 0.6) is 11.5 Å². The summed E-state index contributed by atoms with van der Waals surface area (Å²) in [5, 5.41) is 17.5. The summed E-state index contributed by atoms with van der Waals surface area (Å²) in [6, 6.07) is 17.6. The molecule has 2 aromatic rings. The molecule has 0 aliphatic carbocycles. The Bertz CT molecular complexity index is 840. The SMILES string of the molecule is CCc1ccccc1OCC(=O)Oc1ccc(C=C(C#N)C#N)cc1. The summed E-state index contributed by atoms with van der Waals surface area (Å²) in [5.74, 6) is 0.525. The molecule has 0 aliphatic heterocycles. The van der Waals surface area contributed by atoms with Gasteiger partial charge in [-0.1, -0.05) is 37.3 Å². The number of carbonyl (C=O) groups is 1.